The summed E-state index contributed by atoms with van der Waals surface area (Å²) in [5.41, 5.74) is 5.30. The maximum atomic E-state index is 12.9. The molecule has 0 spiro atoms. The Kier molecular flexibility index (Phi) is 8.51. The van der Waals surface area contributed by atoms with Gasteiger partial charge in [0.25, 0.3) is 0 Å². The molecule has 0 saturated carbocycles. The van der Waals surface area contributed by atoms with Gasteiger partial charge in [-0.2, -0.15) is 0 Å². The Labute approximate surface area is 261 Å². The van der Waals surface area contributed by atoms with Crippen molar-refractivity contribution in [2.24, 2.45) is 0 Å². The number of nitrogens with zero attached hydrogens (tertiary/aromatic N) is 3. The quantitative estimate of drug-likeness (QED) is 0.264. The van der Waals surface area contributed by atoms with Crippen LogP contribution < -0.4 is 4.90 Å². The number of ether oxygens (including phenoxy) is 1. The third kappa shape index (κ3) is 6.37. The zero-order chi connectivity index (χ0) is 30.6. The first kappa shape index (κ1) is 31.3. The lowest BCUT2D eigenvalue weighted by Crippen LogP contribution is -2.47. The molecule has 0 bridgehead atoms. The molecule has 0 aliphatic carbocycles. The van der Waals surface area contributed by atoms with Crippen molar-refractivity contribution in [3.05, 3.63) is 45.9 Å². The molecule has 2 unspecified atom stereocenters. The highest BCUT2D eigenvalue weighted by atomic mass is 35.5. The summed E-state index contributed by atoms with van der Waals surface area (Å²) in [5.74, 6) is 0. The lowest BCUT2D eigenvalue weighted by molar-refractivity contribution is 0.0292. The molecule has 228 valence electrons. The predicted molar refractivity (Wildman–Crippen MR) is 179 cm³/mol. The van der Waals surface area contributed by atoms with E-state index >= 15 is 0 Å². The monoisotopic (exact) mass is 627 g/mol. The number of likely N-dealkylation sites (tertiary alicyclic amines) is 1. The number of anilines is 1. The first-order chi connectivity index (χ1) is 19.5. The third-order valence-electron chi connectivity index (χ3n) is 9.06. The van der Waals surface area contributed by atoms with Gasteiger partial charge in [0.2, 0.25) is 0 Å². The van der Waals surface area contributed by atoms with Crippen LogP contribution in [0.15, 0.2) is 30.5 Å². The summed E-state index contributed by atoms with van der Waals surface area (Å²) in [6.45, 7) is 21.4. The zero-order valence-corrected chi connectivity index (χ0v) is 29.2. The van der Waals surface area contributed by atoms with E-state index in [0.717, 1.165) is 45.6 Å². The second-order valence-electron chi connectivity index (χ2n) is 14.5. The van der Waals surface area contributed by atoms with E-state index in [0.29, 0.717) is 25.7 Å². The van der Waals surface area contributed by atoms with Gasteiger partial charge in [0, 0.05) is 58.1 Å². The first-order valence-electron chi connectivity index (χ1n) is 15.1. The van der Waals surface area contributed by atoms with Crippen LogP contribution >= 0.6 is 22.9 Å². The number of carbonyl (C=O) groups is 1. The van der Waals surface area contributed by atoms with Crippen LogP contribution in [0.3, 0.4) is 0 Å². The molecule has 42 heavy (non-hydrogen) atoms. The Balaban J connectivity index is 1.51. The van der Waals surface area contributed by atoms with E-state index in [2.05, 4.69) is 70.0 Å². The molecular weight excluding hydrogens is 582 g/mol. The molecule has 4 heterocycles. The number of halogens is 1. The molecule has 1 amide bonds. The number of hydrogen-bond donors (Lipinski definition) is 0. The highest BCUT2D eigenvalue weighted by molar-refractivity contribution is 7.19. The minimum Gasteiger partial charge on any atom is -0.444 e. The molecule has 2 aliphatic rings. The molecule has 1 saturated heterocycles. The third-order valence-corrected chi connectivity index (χ3v) is 14.9. The molecule has 2 atom stereocenters. The SMILES string of the molecule is CC1CCc2cc(Cl)cc(-c3ccnc4cc(CO[Si](C)(C)C(C)(C)C)sc34)c2N1C1CCN(C(=O)OC(C)(C)C)C1. The smallest absolute Gasteiger partial charge is 0.410 e. The van der Waals surface area contributed by atoms with Gasteiger partial charge in [0.15, 0.2) is 8.32 Å². The van der Waals surface area contributed by atoms with Crippen molar-refractivity contribution in [3.8, 4) is 11.1 Å². The van der Waals surface area contributed by atoms with Crippen molar-refractivity contribution in [2.75, 3.05) is 18.0 Å². The molecule has 6 nitrogen and oxygen atoms in total. The number of aryl methyl sites for hydroxylation is 1. The highest BCUT2D eigenvalue weighted by Crippen LogP contribution is 2.46. The van der Waals surface area contributed by atoms with Gasteiger partial charge in [-0.3, -0.25) is 4.98 Å². The fourth-order valence-corrected chi connectivity index (χ4v) is 8.17. The summed E-state index contributed by atoms with van der Waals surface area (Å²) >= 11 is 8.56. The Morgan fingerprint density at radius 1 is 1.12 bits per heavy atom. The lowest BCUT2D eigenvalue weighted by Gasteiger charge is -2.43. The van der Waals surface area contributed by atoms with Crippen molar-refractivity contribution in [3.63, 3.8) is 0 Å². The number of aromatic nitrogens is 1. The molecule has 0 N–H and O–H groups in total. The molecule has 1 fully saturated rings. The van der Waals surface area contributed by atoms with Gasteiger partial charge in [0.1, 0.15) is 5.60 Å². The second-order valence-corrected chi connectivity index (χ2v) is 20.8. The summed E-state index contributed by atoms with van der Waals surface area (Å²) in [6, 6.07) is 9.11. The number of thiophene rings is 1. The Morgan fingerprint density at radius 2 is 1.86 bits per heavy atom. The summed E-state index contributed by atoms with van der Waals surface area (Å²) < 4.78 is 13.4. The van der Waals surface area contributed by atoms with E-state index < -0.39 is 13.9 Å². The Morgan fingerprint density at radius 3 is 2.55 bits per heavy atom. The highest BCUT2D eigenvalue weighted by Gasteiger charge is 2.39. The van der Waals surface area contributed by atoms with E-state index in [-0.39, 0.29) is 17.2 Å². The normalized spacial score (nSPS) is 19.9. The van der Waals surface area contributed by atoms with Crippen molar-refractivity contribution >= 4 is 53.3 Å². The van der Waals surface area contributed by atoms with E-state index in [1.807, 2.05) is 31.9 Å². The molecule has 3 aromatic rings. The predicted octanol–water partition coefficient (Wildman–Crippen LogP) is 9.29. The lowest BCUT2D eigenvalue weighted by atomic mass is 9.89. The maximum Gasteiger partial charge on any atom is 0.410 e. The minimum absolute atomic E-state index is 0.159. The fourth-order valence-electron chi connectivity index (χ4n) is 5.82. The molecule has 2 aliphatic heterocycles. The molecule has 0 radical (unpaired) electrons. The number of rotatable bonds is 5. The van der Waals surface area contributed by atoms with Crippen molar-refractivity contribution < 1.29 is 14.0 Å². The number of amides is 1. The average Bonchev–Trinajstić information content (AvgIpc) is 3.53. The van der Waals surface area contributed by atoms with Gasteiger partial charge >= 0.3 is 6.09 Å². The van der Waals surface area contributed by atoms with Gasteiger partial charge in [-0.05, 0) is 94.9 Å². The number of pyridine rings is 1. The fraction of sp³-hybridized carbons (Fsp3) is 0.576. The second kappa shape index (κ2) is 11.4. The van der Waals surface area contributed by atoms with Crippen LogP contribution in [0.4, 0.5) is 10.5 Å². The zero-order valence-electron chi connectivity index (χ0n) is 26.6. The average molecular weight is 628 g/mol. The Bertz CT molecular complexity index is 1480. The van der Waals surface area contributed by atoms with Gasteiger partial charge in [-0.25, -0.2) is 4.79 Å². The van der Waals surface area contributed by atoms with E-state index in [9.17, 15) is 4.79 Å². The minimum atomic E-state index is -1.88. The summed E-state index contributed by atoms with van der Waals surface area (Å²) in [4.78, 5) is 23.3. The number of hydrogen-bond acceptors (Lipinski definition) is 6. The molecule has 5 rings (SSSR count). The van der Waals surface area contributed by atoms with E-state index in [4.69, 9.17) is 25.7 Å². The van der Waals surface area contributed by atoms with Crippen LogP contribution in [-0.4, -0.2) is 55.1 Å². The van der Waals surface area contributed by atoms with Crippen LogP contribution in [0.5, 0.6) is 0 Å². The standard InChI is InChI=1S/C33H46ClN3O3SSi/c1-21-10-11-22-16-23(34)17-27(29(22)37(21)24-13-15-36(19-24)31(38)40-32(2,3)4)26-12-14-35-28-18-25(41-30(26)28)20-39-42(8,9)33(5,6)7/h12,14,16-18,21,24H,10-11,13,15,19-20H2,1-9H3. The van der Waals surface area contributed by atoms with Gasteiger partial charge in [-0.1, -0.05) is 32.4 Å². The van der Waals surface area contributed by atoms with Gasteiger partial charge < -0.3 is 19.0 Å². The molecule has 1 aromatic carbocycles. The number of fused-ring (bicyclic) bond motifs is 2. The van der Waals surface area contributed by atoms with Crippen LogP contribution in [0.1, 0.15) is 71.7 Å². The summed E-state index contributed by atoms with van der Waals surface area (Å²) in [5, 5.41) is 0.912. The summed E-state index contributed by atoms with van der Waals surface area (Å²) in [7, 11) is -1.88. The van der Waals surface area contributed by atoms with Crippen molar-refractivity contribution in [2.45, 2.75) is 110 Å². The molecule has 2 aromatic heterocycles. The molecule has 9 heteroatoms. The van der Waals surface area contributed by atoms with E-state index in [1.54, 1.807) is 11.3 Å². The summed E-state index contributed by atoms with van der Waals surface area (Å²) in [6.07, 6.45) is 4.62. The van der Waals surface area contributed by atoms with Crippen LogP contribution in [0.2, 0.25) is 23.2 Å². The van der Waals surface area contributed by atoms with Crippen molar-refractivity contribution in [1.29, 1.82) is 0 Å². The molecular formula is C33H46ClN3O3SSi. The van der Waals surface area contributed by atoms with E-state index in [1.165, 1.54) is 16.1 Å². The van der Waals surface area contributed by atoms with Gasteiger partial charge in [0.05, 0.1) is 16.8 Å². The topological polar surface area (TPSA) is 54.9 Å². The first-order valence-corrected chi connectivity index (χ1v) is 19.2. The number of carbonyl (C=O) groups excluding carboxylic acids is 1. The van der Waals surface area contributed by atoms with Crippen molar-refractivity contribution in [1.82, 2.24) is 9.88 Å². The van der Waals surface area contributed by atoms with Gasteiger partial charge in [-0.15, -0.1) is 11.3 Å². The maximum absolute atomic E-state index is 12.9. The van der Waals surface area contributed by atoms with Crippen LogP contribution in [0, 0.1) is 0 Å². The largest absolute Gasteiger partial charge is 0.444 e. The van der Waals surface area contributed by atoms with Crippen LogP contribution in [0.25, 0.3) is 21.3 Å². The Hall–Kier alpha value is -2.13. The van der Waals surface area contributed by atoms with Crippen LogP contribution in [-0.2, 0) is 22.2 Å². The number of benzene rings is 1.